The van der Waals surface area contributed by atoms with Crippen LogP contribution >= 0.6 is 11.3 Å². The van der Waals surface area contributed by atoms with Gasteiger partial charge in [-0.2, -0.15) is 0 Å². The maximum atomic E-state index is 11.1. The van der Waals surface area contributed by atoms with Gasteiger partial charge in [-0.1, -0.05) is 0 Å². The lowest BCUT2D eigenvalue weighted by molar-refractivity contribution is -0.139. The molecular weight excluding hydrogens is 224 g/mol. The second kappa shape index (κ2) is 4.82. The normalized spacial score (nSPS) is 14.9. The van der Waals surface area contributed by atoms with E-state index < -0.39 is 0 Å². The number of methoxy groups -OCH3 is 1. The van der Waals surface area contributed by atoms with Gasteiger partial charge in [-0.15, -0.1) is 11.3 Å². The molecule has 1 aromatic rings. The highest BCUT2D eigenvalue weighted by molar-refractivity contribution is 7.13. The van der Waals surface area contributed by atoms with Gasteiger partial charge in [0.2, 0.25) is 0 Å². The minimum Gasteiger partial charge on any atom is -0.469 e. The Kier molecular flexibility index (Phi) is 3.43. The maximum absolute atomic E-state index is 11.1. The summed E-state index contributed by atoms with van der Waals surface area (Å²) in [7, 11) is 3.45. The van der Waals surface area contributed by atoms with Crippen molar-refractivity contribution in [3.8, 4) is 0 Å². The molecule has 0 aliphatic heterocycles. The number of carbonyl (C=O) groups excluding carboxylic acids is 1. The van der Waals surface area contributed by atoms with Crippen molar-refractivity contribution < 1.29 is 9.53 Å². The second-order valence-electron chi connectivity index (χ2n) is 4.20. The van der Waals surface area contributed by atoms with E-state index in [1.165, 1.54) is 20.0 Å². The van der Waals surface area contributed by atoms with E-state index in [1.54, 1.807) is 11.3 Å². The Balaban J connectivity index is 1.92. The fourth-order valence-corrected chi connectivity index (χ4v) is 2.34. The predicted molar refractivity (Wildman–Crippen MR) is 63.8 cm³/mol. The molecule has 16 heavy (non-hydrogen) atoms. The van der Waals surface area contributed by atoms with Crippen LogP contribution < -0.4 is 4.90 Å². The fraction of sp³-hybridized carbons (Fsp3) is 0.636. The Morgan fingerprint density at radius 2 is 2.44 bits per heavy atom. The molecule has 0 saturated heterocycles. The zero-order valence-corrected chi connectivity index (χ0v) is 10.4. The minimum atomic E-state index is -0.235. The summed E-state index contributed by atoms with van der Waals surface area (Å²) in [5.74, 6) is 0.611. The first kappa shape index (κ1) is 11.4. The van der Waals surface area contributed by atoms with Gasteiger partial charge in [-0.3, -0.25) is 4.79 Å². The van der Waals surface area contributed by atoms with E-state index in [1.807, 2.05) is 5.38 Å². The molecule has 0 unspecified atom stereocenters. The Hall–Kier alpha value is -1.10. The molecule has 1 saturated carbocycles. The van der Waals surface area contributed by atoms with Crippen molar-refractivity contribution in [3.05, 3.63) is 11.1 Å². The molecule has 0 radical (unpaired) electrons. The number of carbonyl (C=O) groups is 1. The summed E-state index contributed by atoms with van der Waals surface area (Å²) in [6, 6.07) is 0. The predicted octanol–water partition coefficient (Wildman–Crippen LogP) is 1.70. The van der Waals surface area contributed by atoms with Crippen LogP contribution in [0.1, 0.15) is 18.5 Å². The molecule has 1 aliphatic carbocycles. The highest BCUT2D eigenvalue weighted by atomic mass is 32.1. The van der Waals surface area contributed by atoms with Crippen LogP contribution in [0.5, 0.6) is 0 Å². The lowest BCUT2D eigenvalue weighted by Gasteiger charge is -2.14. The lowest BCUT2D eigenvalue weighted by Crippen LogP contribution is -2.19. The summed E-state index contributed by atoms with van der Waals surface area (Å²) in [5.41, 5.74) is 0.800. The van der Waals surface area contributed by atoms with Crippen molar-refractivity contribution in [2.24, 2.45) is 5.92 Å². The van der Waals surface area contributed by atoms with Gasteiger partial charge in [-0.25, -0.2) is 4.98 Å². The smallest absolute Gasteiger partial charge is 0.311 e. The minimum absolute atomic E-state index is 0.235. The van der Waals surface area contributed by atoms with E-state index in [0.29, 0.717) is 0 Å². The van der Waals surface area contributed by atoms with Gasteiger partial charge in [0, 0.05) is 19.0 Å². The number of esters is 1. The van der Waals surface area contributed by atoms with Crippen molar-refractivity contribution in [3.63, 3.8) is 0 Å². The van der Waals surface area contributed by atoms with E-state index in [-0.39, 0.29) is 12.4 Å². The second-order valence-corrected chi connectivity index (χ2v) is 5.03. The van der Waals surface area contributed by atoms with Crippen molar-refractivity contribution >= 4 is 22.4 Å². The van der Waals surface area contributed by atoms with Gasteiger partial charge in [0.05, 0.1) is 19.2 Å². The zero-order chi connectivity index (χ0) is 11.5. The SMILES string of the molecule is COC(=O)Cc1csc(N(C)CC2CC2)n1. The van der Waals surface area contributed by atoms with E-state index in [9.17, 15) is 4.79 Å². The first-order chi connectivity index (χ1) is 7.69. The van der Waals surface area contributed by atoms with Crippen LogP contribution in [0.4, 0.5) is 5.13 Å². The number of anilines is 1. The number of hydrogen-bond donors (Lipinski definition) is 0. The molecule has 2 rings (SSSR count). The van der Waals surface area contributed by atoms with Crippen LogP contribution in [0.15, 0.2) is 5.38 Å². The molecule has 1 fully saturated rings. The molecule has 0 aromatic carbocycles. The number of hydrogen-bond acceptors (Lipinski definition) is 5. The molecule has 0 amide bonds. The number of ether oxygens (including phenoxy) is 1. The molecule has 88 valence electrons. The standard InChI is InChI=1S/C11H16N2O2S/c1-13(6-8-3-4-8)11-12-9(7-16-11)5-10(14)15-2/h7-8H,3-6H2,1-2H3. The molecule has 0 N–H and O–H groups in total. The fourth-order valence-electron chi connectivity index (χ4n) is 1.54. The largest absolute Gasteiger partial charge is 0.469 e. The third-order valence-electron chi connectivity index (χ3n) is 2.65. The molecule has 0 atom stereocenters. The van der Waals surface area contributed by atoms with Gasteiger partial charge in [0.15, 0.2) is 5.13 Å². The quantitative estimate of drug-likeness (QED) is 0.735. The summed E-state index contributed by atoms with van der Waals surface area (Å²) in [6.45, 7) is 1.07. The van der Waals surface area contributed by atoms with Crippen molar-refractivity contribution in [1.82, 2.24) is 4.98 Å². The van der Waals surface area contributed by atoms with Gasteiger partial charge in [0.1, 0.15) is 0 Å². The zero-order valence-electron chi connectivity index (χ0n) is 9.60. The highest BCUT2D eigenvalue weighted by Gasteiger charge is 2.24. The number of aromatic nitrogens is 1. The van der Waals surface area contributed by atoms with Crippen LogP contribution in [0.3, 0.4) is 0 Å². The Morgan fingerprint density at radius 1 is 1.69 bits per heavy atom. The number of thiazole rings is 1. The van der Waals surface area contributed by atoms with E-state index >= 15 is 0 Å². The summed E-state index contributed by atoms with van der Waals surface area (Å²) in [5, 5.41) is 2.92. The van der Waals surface area contributed by atoms with Gasteiger partial charge in [0.25, 0.3) is 0 Å². The molecule has 0 bridgehead atoms. The first-order valence-electron chi connectivity index (χ1n) is 5.41. The summed E-state index contributed by atoms with van der Waals surface area (Å²) < 4.78 is 4.61. The molecule has 0 spiro atoms. The number of rotatable bonds is 5. The van der Waals surface area contributed by atoms with Crippen molar-refractivity contribution in [2.75, 3.05) is 25.6 Å². The van der Waals surface area contributed by atoms with E-state index in [4.69, 9.17) is 0 Å². The highest BCUT2D eigenvalue weighted by Crippen LogP contribution is 2.31. The van der Waals surface area contributed by atoms with E-state index in [2.05, 4.69) is 21.7 Å². The van der Waals surface area contributed by atoms with Gasteiger partial charge < -0.3 is 9.64 Å². The summed E-state index contributed by atoms with van der Waals surface area (Å²) in [6.07, 6.45) is 2.94. The van der Waals surface area contributed by atoms with Crippen LogP contribution in [0.2, 0.25) is 0 Å². The van der Waals surface area contributed by atoms with Gasteiger partial charge >= 0.3 is 5.97 Å². The molecule has 4 nitrogen and oxygen atoms in total. The molecule has 5 heteroatoms. The topological polar surface area (TPSA) is 42.4 Å². The third-order valence-corrected chi connectivity index (χ3v) is 3.65. The Morgan fingerprint density at radius 3 is 3.06 bits per heavy atom. The first-order valence-corrected chi connectivity index (χ1v) is 6.29. The Bertz CT molecular complexity index is 374. The monoisotopic (exact) mass is 240 g/mol. The molecular formula is C11H16N2O2S. The third kappa shape index (κ3) is 2.95. The van der Waals surface area contributed by atoms with E-state index in [0.717, 1.165) is 23.3 Å². The van der Waals surface area contributed by atoms with Gasteiger partial charge in [-0.05, 0) is 18.8 Å². The van der Waals surface area contributed by atoms with Crippen LogP contribution in [0.25, 0.3) is 0 Å². The molecule has 1 aliphatic rings. The van der Waals surface area contributed by atoms with Crippen molar-refractivity contribution in [1.29, 1.82) is 0 Å². The average molecular weight is 240 g/mol. The molecule has 1 heterocycles. The van der Waals surface area contributed by atoms with Crippen LogP contribution in [-0.2, 0) is 16.0 Å². The number of nitrogens with zero attached hydrogens (tertiary/aromatic N) is 2. The summed E-state index contributed by atoms with van der Waals surface area (Å²) in [4.78, 5) is 17.7. The van der Waals surface area contributed by atoms with Crippen molar-refractivity contribution in [2.45, 2.75) is 19.3 Å². The molecule has 1 aromatic heterocycles. The Labute approximate surface area is 99.2 Å². The maximum Gasteiger partial charge on any atom is 0.311 e. The van der Waals surface area contributed by atoms with Crippen LogP contribution in [0, 0.1) is 5.92 Å². The average Bonchev–Trinajstić information content (AvgIpc) is 2.95. The lowest BCUT2D eigenvalue weighted by atomic mass is 10.3. The summed E-state index contributed by atoms with van der Waals surface area (Å²) >= 11 is 1.59. The van der Waals surface area contributed by atoms with Crippen LogP contribution in [-0.4, -0.2) is 31.7 Å².